The minimum Gasteiger partial charge on any atom is -0.369 e. The van der Waals surface area contributed by atoms with E-state index in [2.05, 4.69) is 25.4 Å². The number of halogens is 4. The van der Waals surface area contributed by atoms with Crippen LogP contribution in [0.3, 0.4) is 0 Å². The fraction of sp³-hybridized carbons (Fsp3) is 0.400. The van der Waals surface area contributed by atoms with Crippen molar-refractivity contribution in [3.8, 4) is 0 Å². The maximum Gasteiger partial charge on any atom is 0.451 e. The van der Waals surface area contributed by atoms with Gasteiger partial charge >= 0.3 is 6.18 Å². The van der Waals surface area contributed by atoms with E-state index in [1.807, 2.05) is 0 Å². The minimum atomic E-state index is -4.65. The first-order chi connectivity index (χ1) is 9.34. The fourth-order valence-electron chi connectivity index (χ4n) is 1.37. The van der Waals surface area contributed by atoms with Crippen LogP contribution in [0.4, 0.5) is 19.0 Å². The molecular weight excluding hydrogens is 299 g/mol. The molecule has 0 amide bonds. The zero-order valence-electron chi connectivity index (χ0n) is 10.2. The van der Waals surface area contributed by atoms with E-state index >= 15 is 0 Å². The van der Waals surface area contributed by atoms with E-state index in [0.717, 1.165) is 0 Å². The molecule has 20 heavy (non-hydrogen) atoms. The Bertz CT molecular complexity index is 601. The molecule has 0 bridgehead atoms. The zero-order valence-corrected chi connectivity index (χ0v) is 11.0. The van der Waals surface area contributed by atoms with Gasteiger partial charge in [-0.2, -0.15) is 18.2 Å². The lowest BCUT2D eigenvalue weighted by Gasteiger charge is -2.08. The van der Waals surface area contributed by atoms with Crippen LogP contribution in [0, 0.1) is 6.92 Å². The molecule has 0 spiro atoms. The Labute approximate surface area is 116 Å². The maximum atomic E-state index is 12.5. The van der Waals surface area contributed by atoms with E-state index in [1.54, 1.807) is 6.92 Å². The van der Waals surface area contributed by atoms with Crippen LogP contribution >= 0.6 is 11.6 Å². The molecule has 0 aromatic carbocycles. The summed E-state index contributed by atoms with van der Waals surface area (Å²) in [5.74, 6) is -0.440. The summed E-state index contributed by atoms with van der Waals surface area (Å²) in [6.45, 7) is 1.94. The van der Waals surface area contributed by atoms with Crippen LogP contribution in [-0.4, -0.2) is 26.7 Å². The van der Waals surface area contributed by atoms with E-state index in [9.17, 15) is 13.2 Å². The Kier molecular flexibility index (Phi) is 4.07. The van der Waals surface area contributed by atoms with Crippen molar-refractivity contribution >= 4 is 17.4 Å². The first-order valence-electron chi connectivity index (χ1n) is 5.49. The first kappa shape index (κ1) is 14.5. The quantitative estimate of drug-likeness (QED) is 0.875. The third-order valence-electron chi connectivity index (χ3n) is 2.16. The van der Waals surface area contributed by atoms with Gasteiger partial charge in [-0.15, -0.1) is 0 Å². The third-order valence-corrected chi connectivity index (χ3v) is 2.36. The summed E-state index contributed by atoms with van der Waals surface area (Å²) in [4.78, 5) is 10.4. The second kappa shape index (κ2) is 5.61. The van der Waals surface area contributed by atoms with Crippen LogP contribution in [0.5, 0.6) is 0 Å². The number of hydrogen-bond acceptors (Lipinski definition) is 6. The molecule has 108 valence electrons. The van der Waals surface area contributed by atoms with Gasteiger partial charge in [-0.1, -0.05) is 16.8 Å². The molecule has 2 aromatic rings. The Morgan fingerprint density at radius 1 is 1.30 bits per heavy atom. The van der Waals surface area contributed by atoms with Gasteiger partial charge in [0, 0.05) is 19.0 Å². The van der Waals surface area contributed by atoms with Crippen molar-refractivity contribution in [1.82, 2.24) is 20.1 Å². The fourth-order valence-corrected chi connectivity index (χ4v) is 1.56. The van der Waals surface area contributed by atoms with Gasteiger partial charge in [0.2, 0.25) is 11.7 Å². The zero-order chi connectivity index (χ0) is 14.8. The summed E-state index contributed by atoms with van der Waals surface area (Å²) in [6, 6.07) is 1.20. The molecule has 0 aliphatic carbocycles. The van der Waals surface area contributed by atoms with E-state index in [-0.39, 0.29) is 17.5 Å². The maximum absolute atomic E-state index is 12.5. The molecule has 2 aromatic heterocycles. The van der Waals surface area contributed by atoms with Crippen LogP contribution in [0.15, 0.2) is 10.6 Å². The molecule has 0 radical (unpaired) electrons. The van der Waals surface area contributed by atoms with Crippen molar-refractivity contribution in [3.05, 3.63) is 28.8 Å². The van der Waals surface area contributed by atoms with Crippen molar-refractivity contribution in [2.45, 2.75) is 19.5 Å². The highest BCUT2D eigenvalue weighted by atomic mass is 35.5. The van der Waals surface area contributed by atoms with E-state index in [1.165, 1.54) is 6.07 Å². The number of aryl methyl sites for hydroxylation is 1. The van der Waals surface area contributed by atoms with Gasteiger partial charge in [-0.25, -0.2) is 9.97 Å². The summed E-state index contributed by atoms with van der Waals surface area (Å²) < 4.78 is 42.3. The number of anilines is 1. The lowest BCUT2D eigenvalue weighted by molar-refractivity contribution is -0.144. The van der Waals surface area contributed by atoms with Crippen molar-refractivity contribution in [3.63, 3.8) is 0 Å². The second-order valence-corrected chi connectivity index (χ2v) is 4.20. The standard InChI is InChI=1S/C10H9ClF3N5O/c1-5-16-8(20-19-5)2-3-15-7-4-6(11)17-9(18-7)10(12,13)14/h4H,2-3H2,1H3,(H,15,17,18). The van der Waals surface area contributed by atoms with Gasteiger partial charge in [0.05, 0.1) is 0 Å². The van der Waals surface area contributed by atoms with Crippen LogP contribution in [0.25, 0.3) is 0 Å². The lowest BCUT2D eigenvalue weighted by Crippen LogP contribution is -2.14. The molecule has 0 fully saturated rings. The number of hydrogen-bond donors (Lipinski definition) is 1. The van der Waals surface area contributed by atoms with E-state index < -0.39 is 12.0 Å². The number of nitrogens with zero attached hydrogens (tertiary/aromatic N) is 4. The second-order valence-electron chi connectivity index (χ2n) is 3.81. The molecule has 2 heterocycles. The van der Waals surface area contributed by atoms with Crippen molar-refractivity contribution < 1.29 is 17.7 Å². The molecule has 0 atom stereocenters. The number of aromatic nitrogens is 4. The van der Waals surface area contributed by atoms with Crippen molar-refractivity contribution in [1.29, 1.82) is 0 Å². The van der Waals surface area contributed by atoms with Crippen molar-refractivity contribution in [2.75, 3.05) is 11.9 Å². The Balaban J connectivity index is 2.00. The summed E-state index contributed by atoms with van der Waals surface area (Å²) >= 11 is 5.52. The van der Waals surface area contributed by atoms with Crippen LogP contribution in [-0.2, 0) is 12.6 Å². The lowest BCUT2D eigenvalue weighted by atomic mass is 10.4. The molecule has 1 N–H and O–H groups in total. The first-order valence-corrected chi connectivity index (χ1v) is 5.87. The molecule has 10 heteroatoms. The smallest absolute Gasteiger partial charge is 0.369 e. The largest absolute Gasteiger partial charge is 0.451 e. The summed E-state index contributed by atoms with van der Waals surface area (Å²) in [5, 5.41) is 6.00. The summed E-state index contributed by atoms with van der Waals surface area (Å²) in [7, 11) is 0. The minimum absolute atomic E-state index is 0.0198. The number of alkyl halides is 3. The summed E-state index contributed by atoms with van der Waals surface area (Å²) in [5.41, 5.74) is 0. The average molecular weight is 308 g/mol. The molecule has 6 nitrogen and oxygen atoms in total. The highest BCUT2D eigenvalue weighted by Crippen LogP contribution is 2.28. The summed E-state index contributed by atoms with van der Waals surface area (Å²) in [6.07, 6.45) is -4.30. The Hall–Kier alpha value is -1.90. The molecule has 0 saturated carbocycles. The topological polar surface area (TPSA) is 76.7 Å². The Morgan fingerprint density at radius 2 is 2.05 bits per heavy atom. The average Bonchev–Trinajstić information content (AvgIpc) is 2.73. The van der Waals surface area contributed by atoms with Gasteiger partial charge in [-0.3, -0.25) is 0 Å². The van der Waals surface area contributed by atoms with E-state index in [0.29, 0.717) is 18.1 Å². The van der Waals surface area contributed by atoms with Crippen LogP contribution in [0.2, 0.25) is 5.15 Å². The molecule has 0 unspecified atom stereocenters. The Morgan fingerprint density at radius 3 is 2.65 bits per heavy atom. The SMILES string of the molecule is Cc1noc(CCNc2cc(Cl)nc(C(F)(F)F)n2)n1. The van der Waals surface area contributed by atoms with Crippen molar-refractivity contribution in [2.24, 2.45) is 0 Å². The van der Waals surface area contributed by atoms with Gasteiger partial charge in [0.15, 0.2) is 5.82 Å². The molecule has 2 rings (SSSR count). The highest BCUT2D eigenvalue weighted by molar-refractivity contribution is 6.29. The normalized spacial score (nSPS) is 11.7. The predicted octanol–water partition coefficient (Wildman–Crippen LogP) is 2.49. The molecular formula is C10H9ClF3N5O. The predicted molar refractivity (Wildman–Crippen MR) is 63.3 cm³/mol. The van der Waals surface area contributed by atoms with Crippen LogP contribution in [0.1, 0.15) is 17.5 Å². The third kappa shape index (κ3) is 3.80. The molecule has 0 aliphatic heterocycles. The highest BCUT2D eigenvalue weighted by Gasteiger charge is 2.35. The van der Waals surface area contributed by atoms with Gasteiger partial charge in [-0.05, 0) is 6.92 Å². The number of rotatable bonds is 4. The molecule has 0 aliphatic rings. The van der Waals surface area contributed by atoms with Crippen LogP contribution < -0.4 is 5.32 Å². The van der Waals surface area contributed by atoms with Gasteiger partial charge in [0.1, 0.15) is 11.0 Å². The number of nitrogens with one attached hydrogen (secondary N) is 1. The van der Waals surface area contributed by atoms with Gasteiger partial charge < -0.3 is 9.84 Å². The van der Waals surface area contributed by atoms with E-state index in [4.69, 9.17) is 16.1 Å². The van der Waals surface area contributed by atoms with Gasteiger partial charge in [0.25, 0.3) is 0 Å². The monoisotopic (exact) mass is 307 g/mol. The molecule has 0 saturated heterocycles.